The van der Waals surface area contributed by atoms with Crippen LogP contribution in [-0.2, 0) is 17.8 Å². The summed E-state index contributed by atoms with van der Waals surface area (Å²) in [6, 6.07) is 0. The van der Waals surface area contributed by atoms with Gasteiger partial charge in [0.25, 0.3) is 0 Å². The van der Waals surface area contributed by atoms with E-state index in [1.165, 1.54) is 5.56 Å². The molecular formula is C14H23N3O. The van der Waals surface area contributed by atoms with Crippen LogP contribution in [0.1, 0.15) is 57.5 Å². The van der Waals surface area contributed by atoms with Crippen molar-refractivity contribution in [3.63, 3.8) is 0 Å². The van der Waals surface area contributed by atoms with Gasteiger partial charge in [0.05, 0.1) is 17.9 Å². The zero-order valence-electron chi connectivity index (χ0n) is 12.0. The molecule has 0 aromatic carbocycles. The fourth-order valence-electron chi connectivity index (χ4n) is 2.47. The zero-order valence-corrected chi connectivity index (χ0v) is 12.0. The highest BCUT2D eigenvalue weighted by Gasteiger charge is 2.31. The number of hydrogen-bond acceptors (Lipinski definition) is 2. The van der Waals surface area contributed by atoms with Crippen molar-refractivity contribution in [2.75, 3.05) is 6.54 Å². The zero-order chi connectivity index (χ0) is 13.5. The Morgan fingerprint density at radius 2 is 2.06 bits per heavy atom. The molecule has 0 aliphatic carbocycles. The van der Waals surface area contributed by atoms with Gasteiger partial charge in [-0.25, -0.2) is 0 Å². The summed E-state index contributed by atoms with van der Waals surface area (Å²) in [4.78, 5) is 14.2. The lowest BCUT2D eigenvalue weighted by Gasteiger charge is -2.32. The van der Waals surface area contributed by atoms with Gasteiger partial charge in [0.15, 0.2) is 0 Å². The van der Waals surface area contributed by atoms with Crippen LogP contribution in [0.4, 0.5) is 0 Å². The second kappa shape index (κ2) is 4.41. The summed E-state index contributed by atoms with van der Waals surface area (Å²) in [6.45, 7) is 11.7. The molecule has 18 heavy (non-hydrogen) atoms. The molecule has 4 heteroatoms. The van der Waals surface area contributed by atoms with E-state index in [-0.39, 0.29) is 11.3 Å². The molecule has 2 rings (SSSR count). The lowest BCUT2D eigenvalue weighted by molar-refractivity contribution is -0.140. The number of carbonyl (C=O) groups excluding carboxylic acids is 1. The topological polar surface area (TPSA) is 49.0 Å². The molecule has 1 N–H and O–H groups in total. The van der Waals surface area contributed by atoms with Gasteiger partial charge in [-0.2, -0.15) is 5.10 Å². The van der Waals surface area contributed by atoms with Crippen LogP contribution in [0.2, 0.25) is 0 Å². The molecule has 4 nitrogen and oxygen atoms in total. The fraction of sp³-hybridized carbons (Fsp3) is 0.714. The van der Waals surface area contributed by atoms with Crippen molar-refractivity contribution in [2.24, 2.45) is 5.41 Å². The van der Waals surface area contributed by atoms with Gasteiger partial charge >= 0.3 is 0 Å². The third-order valence-corrected chi connectivity index (χ3v) is 3.44. The third kappa shape index (κ3) is 2.28. The van der Waals surface area contributed by atoms with Crippen LogP contribution in [0.3, 0.4) is 0 Å². The number of nitrogens with one attached hydrogen (secondary N) is 1. The summed E-state index contributed by atoms with van der Waals surface area (Å²) in [7, 11) is 0. The molecule has 0 saturated carbocycles. The van der Waals surface area contributed by atoms with E-state index >= 15 is 0 Å². The molecule has 0 bridgehead atoms. The molecule has 0 unspecified atom stereocenters. The molecule has 100 valence electrons. The molecule has 2 heterocycles. The number of aromatic amines is 1. The van der Waals surface area contributed by atoms with Crippen molar-refractivity contribution in [2.45, 2.75) is 53.5 Å². The van der Waals surface area contributed by atoms with Crippen LogP contribution in [0.15, 0.2) is 0 Å². The van der Waals surface area contributed by atoms with E-state index in [0.29, 0.717) is 12.5 Å². The Morgan fingerprint density at radius 3 is 2.61 bits per heavy atom. The molecule has 1 aliphatic heterocycles. The van der Waals surface area contributed by atoms with Gasteiger partial charge in [-0.05, 0) is 12.3 Å². The molecule has 0 radical (unpaired) electrons. The highest BCUT2D eigenvalue weighted by atomic mass is 16.2. The van der Waals surface area contributed by atoms with Gasteiger partial charge in [0.1, 0.15) is 0 Å². The van der Waals surface area contributed by atoms with Crippen LogP contribution >= 0.6 is 0 Å². The van der Waals surface area contributed by atoms with E-state index in [0.717, 1.165) is 24.4 Å². The van der Waals surface area contributed by atoms with Crippen molar-refractivity contribution >= 4 is 5.91 Å². The van der Waals surface area contributed by atoms with Crippen molar-refractivity contribution in [1.82, 2.24) is 15.1 Å². The lowest BCUT2D eigenvalue weighted by atomic mass is 9.92. The predicted molar refractivity (Wildman–Crippen MR) is 71.3 cm³/mol. The van der Waals surface area contributed by atoms with Gasteiger partial charge in [0.2, 0.25) is 5.91 Å². The quantitative estimate of drug-likeness (QED) is 0.831. The maximum atomic E-state index is 12.3. The summed E-state index contributed by atoms with van der Waals surface area (Å²) in [5, 5.41) is 7.49. The first kappa shape index (κ1) is 13.1. The van der Waals surface area contributed by atoms with E-state index in [4.69, 9.17) is 0 Å². The first-order valence-corrected chi connectivity index (χ1v) is 6.66. The Balaban J connectivity index is 2.19. The number of hydrogen-bond donors (Lipinski definition) is 1. The minimum atomic E-state index is -0.307. The lowest BCUT2D eigenvalue weighted by Crippen LogP contribution is -2.42. The molecule has 0 fully saturated rings. The van der Waals surface area contributed by atoms with Crippen molar-refractivity contribution in [3.8, 4) is 0 Å². The Kier molecular flexibility index (Phi) is 3.21. The number of H-pyrrole nitrogens is 1. The van der Waals surface area contributed by atoms with Crippen molar-refractivity contribution in [1.29, 1.82) is 0 Å². The van der Waals surface area contributed by atoms with Gasteiger partial charge in [-0.15, -0.1) is 0 Å². The largest absolute Gasteiger partial charge is 0.336 e. The Labute approximate surface area is 109 Å². The average molecular weight is 249 g/mol. The second-order valence-corrected chi connectivity index (χ2v) is 6.45. The number of nitrogens with zero attached hydrogens (tertiary/aromatic N) is 2. The smallest absolute Gasteiger partial charge is 0.228 e. The Morgan fingerprint density at radius 1 is 1.39 bits per heavy atom. The molecule has 1 aromatic rings. The number of fused-ring (bicyclic) bond motifs is 1. The van der Waals surface area contributed by atoms with Gasteiger partial charge < -0.3 is 4.90 Å². The molecule has 0 atom stereocenters. The molecule has 0 spiro atoms. The molecule has 0 saturated heterocycles. The molecule has 1 aromatic heterocycles. The van der Waals surface area contributed by atoms with Crippen LogP contribution < -0.4 is 0 Å². The minimum absolute atomic E-state index is 0.217. The summed E-state index contributed by atoms with van der Waals surface area (Å²) in [5.74, 6) is 0.656. The van der Waals surface area contributed by atoms with Gasteiger partial charge in [-0.3, -0.25) is 9.89 Å². The number of amides is 1. The molecular weight excluding hydrogens is 226 g/mol. The van der Waals surface area contributed by atoms with E-state index < -0.39 is 0 Å². The summed E-state index contributed by atoms with van der Waals surface area (Å²) >= 11 is 0. The molecule has 1 aliphatic rings. The Hall–Kier alpha value is -1.32. The maximum absolute atomic E-state index is 12.3. The summed E-state index contributed by atoms with van der Waals surface area (Å²) in [5.41, 5.74) is 3.29. The predicted octanol–water partition coefficient (Wildman–Crippen LogP) is 2.46. The van der Waals surface area contributed by atoms with Gasteiger partial charge in [-0.1, -0.05) is 34.6 Å². The minimum Gasteiger partial charge on any atom is -0.336 e. The molecule has 1 amide bonds. The summed E-state index contributed by atoms with van der Waals surface area (Å²) in [6.07, 6.45) is 0.918. The normalized spacial score (nSPS) is 16.0. The maximum Gasteiger partial charge on any atom is 0.228 e. The fourth-order valence-corrected chi connectivity index (χ4v) is 2.47. The van der Waals surface area contributed by atoms with E-state index in [1.54, 1.807) is 0 Å². The number of aromatic nitrogens is 2. The van der Waals surface area contributed by atoms with Gasteiger partial charge in [0, 0.05) is 17.5 Å². The third-order valence-electron chi connectivity index (χ3n) is 3.44. The van der Waals surface area contributed by atoms with Crippen LogP contribution in [0.25, 0.3) is 0 Å². The first-order valence-electron chi connectivity index (χ1n) is 6.66. The van der Waals surface area contributed by atoms with Crippen LogP contribution in [0.5, 0.6) is 0 Å². The second-order valence-electron chi connectivity index (χ2n) is 6.45. The van der Waals surface area contributed by atoms with Crippen LogP contribution in [-0.4, -0.2) is 27.5 Å². The average Bonchev–Trinajstić information content (AvgIpc) is 2.69. The van der Waals surface area contributed by atoms with E-state index in [2.05, 4.69) is 24.0 Å². The number of rotatable bonds is 1. The SMILES string of the molecule is CC(C)c1n[nH]c2c1CCN(C(=O)C(C)(C)C)C2. The van der Waals surface area contributed by atoms with E-state index in [1.807, 2.05) is 25.7 Å². The first-order chi connectivity index (χ1) is 8.30. The summed E-state index contributed by atoms with van der Waals surface area (Å²) < 4.78 is 0. The highest BCUT2D eigenvalue weighted by Crippen LogP contribution is 2.27. The van der Waals surface area contributed by atoms with E-state index in [9.17, 15) is 4.79 Å². The van der Waals surface area contributed by atoms with Crippen LogP contribution in [0, 0.1) is 5.41 Å². The Bertz CT molecular complexity index is 454. The highest BCUT2D eigenvalue weighted by molar-refractivity contribution is 5.81. The monoisotopic (exact) mass is 249 g/mol. The number of carbonyl (C=O) groups is 1. The van der Waals surface area contributed by atoms with Crippen molar-refractivity contribution in [3.05, 3.63) is 17.0 Å². The standard InChI is InChI=1S/C14H23N3O/c1-9(2)12-10-6-7-17(8-11(10)15-16-12)13(18)14(3,4)5/h9H,6-8H2,1-5H3,(H,15,16). The van der Waals surface area contributed by atoms with Crippen molar-refractivity contribution < 1.29 is 4.79 Å².